The molecule has 0 spiro atoms. The molecule has 1 aromatic heterocycles. The van der Waals surface area contributed by atoms with Gasteiger partial charge >= 0.3 is 0 Å². The predicted molar refractivity (Wildman–Crippen MR) is 119 cm³/mol. The molecular formula is C23H17NO3S2. The number of ether oxygens (including phenoxy) is 1. The fourth-order valence-corrected chi connectivity index (χ4v) is 5.51. The molecule has 1 N–H and O–H groups in total. The van der Waals surface area contributed by atoms with Gasteiger partial charge in [0.2, 0.25) is 5.91 Å². The van der Waals surface area contributed by atoms with Crippen LogP contribution in [-0.2, 0) is 17.8 Å². The van der Waals surface area contributed by atoms with Gasteiger partial charge in [-0.25, -0.2) is 0 Å². The highest BCUT2D eigenvalue weighted by atomic mass is 32.2. The zero-order chi connectivity index (χ0) is 19.8. The number of hydrogen-bond donors (Lipinski definition) is 1. The fraction of sp³-hybridized carbons (Fsp3) is 0.130. The molecular weight excluding hydrogens is 402 g/mol. The largest absolute Gasteiger partial charge is 0.489 e. The van der Waals surface area contributed by atoms with Crippen molar-refractivity contribution in [3.05, 3.63) is 77.2 Å². The molecule has 6 heteroatoms. The number of amides is 2. The third kappa shape index (κ3) is 3.86. The Balaban J connectivity index is 1.30. The number of hydrogen-bond acceptors (Lipinski definition) is 5. The van der Waals surface area contributed by atoms with Gasteiger partial charge in [-0.05, 0) is 52.1 Å². The van der Waals surface area contributed by atoms with Gasteiger partial charge < -0.3 is 4.74 Å². The van der Waals surface area contributed by atoms with Crippen LogP contribution in [-0.4, -0.2) is 16.4 Å². The van der Waals surface area contributed by atoms with Crippen molar-refractivity contribution in [1.29, 1.82) is 0 Å². The van der Waals surface area contributed by atoms with Gasteiger partial charge in [-0.3, -0.25) is 14.9 Å². The second kappa shape index (κ2) is 7.54. The van der Waals surface area contributed by atoms with Crippen molar-refractivity contribution >= 4 is 55.1 Å². The first kappa shape index (κ1) is 18.2. The van der Waals surface area contributed by atoms with E-state index in [4.69, 9.17) is 4.74 Å². The van der Waals surface area contributed by atoms with Gasteiger partial charge in [0.25, 0.3) is 5.24 Å². The molecule has 0 bridgehead atoms. The number of thiophene rings is 1. The normalized spacial score (nSPS) is 16.5. The van der Waals surface area contributed by atoms with E-state index in [1.165, 1.54) is 10.8 Å². The first-order valence-electron chi connectivity index (χ1n) is 9.28. The summed E-state index contributed by atoms with van der Waals surface area (Å²) in [5, 5.41) is 5.27. The summed E-state index contributed by atoms with van der Waals surface area (Å²) in [5.41, 5.74) is 1.13. The van der Waals surface area contributed by atoms with Crippen LogP contribution < -0.4 is 10.1 Å². The lowest BCUT2D eigenvalue weighted by molar-refractivity contribution is -0.118. The van der Waals surface area contributed by atoms with Gasteiger partial charge in [-0.15, -0.1) is 11.3 Å². The Morgan fingerprint density at radius 2 is 1.76 bits per heavy atom. The fourth-order valence-electron chi connectivity index (χ4n) is 3.47. The highest BCUT2D eigenvalue weighted by Crippen LogP contribution is 2.32. The summed E-state index contributed by atoms with van der Waals surface area (Å²) >= 11 is 2.72. The maximum Gasteiger partial charge on any atom is 0.286 e. The van der Waals surface area contributed by atoms with E-state index in [1.54, 1.807) is 11.3 Å². The SMILES string of the molecule is O=C1NC(=O)C(Cc2cc3cc(OCc4ccc5ccccc5c4)ccc3s2)S1. The summed E-state index contributed by atoms with van der Waals surface area (Å²) in [6, 6.07) is 22.8. The number of fused-ring (bicyclic) bond motifs is 2. The third-order valence-electron chi connectivity index (χ3n) is 4.91. The molecule has 5 rings (SSSR count). The molecule has 144 valence electrons. The van der Waals surface area contributed by atoms with Crippen molar-refractivity contribution in [2.75, 3.05) is 0 Å². The Bertz CT molecular complexity index is 1250. The molecule has 29 heavy (non-hydrogen) atoms. The third-order valence-corrected chi connectivity index (χ3v) is 7.03. The molecule has 0 saturated carbocycles. The van der Waals surface area contributed by atoms with Crippen LogP contribution in [0.15, 0.2) is 66.7 Å². The topological polar surface area (TPSA) is 55.4 Å². The smallest absolute Gasteiger partial charge is 0.286 e. The standard InChI is InChI=1S/C23H17NO3S2/c25-22-21(29-23(26)24-22)12-19-11-17-10-18(7-8-20(17)28-19)27-13-14-5-6-15-3-1-2-4-16(15)9-14/h1-11,21H,12-13H2,(H,24,25,26). The van der Waals surface area contributed by atoms with Crippen LogP contribution in [0.2, 0.25) is 0 Å². The molecule has 4 aromatic rings. The molecule has 3 aromatic carbocycles. The summed E-state index contributed by atoms with van der Waals surface area (Å²) in [6.07, 6.45) is 0.564. The van der Waals surface area contributed by atoms with E-state index in [0.717, 1.165) is 38.0 Å². The van der Waals surface area contributed by atoms with Crippen molar-refractivity contribution in [2.45, 2.75) is 18.3 Å². The van der Waals surface area contributed by atoms with Crippen molar-refractivity contribution < 1.29 is 14.3 Å². The first-order chi connectivity index (χ1) is 14.1. The van der Waals surface area contributed by atoms with Gasteiger partial charge in [0, 0.05) is 16.0 Å². The molecule has 4 nitrogen and oxygen atoms in total. The van der Waals surface area contributed by atoms with E-state index in [1.807, 2.05) is 30.3 Å². The molecule has 0 radical (unpaired) electrons. The van der Waals surface area contributed by atoms with Gasteiger partial charge in [0.15, 0.2) is 0 Å². The van der Waals surface area contributed by atoms with Gasteiger partial charge in [0.1, 0.15) is 12.4 Å². The Labute approximate surface area is 175 Å². The second-order valence-electron chi connectivity index (χ2n) is 6.97. The minimum absolute atomic E-state index is 0.197. The van der Waals surface area contributed by atoms with Crippen molar-refractivity contribution in [3.63, 3.8) is 0 Å². The lowest BCUT2D eigenvalue weighted by Crippen LogP contribution is -2.25. The second-order valence-corrected chi connectivity index (χ2v) is 9.31. The Kier molecular flexibility index (Phi) is 4.73. The number of imide groups is 1. The summed E-state index contributed by atoms with van der Waals surface area (Å²) in [7, 11) is 0. The molecule has 2 heterocycles. The van der Waals surface area contributed by atoms with Crippen LogP contribution in [0, 0.1) is 0 Å². The number of benzene rings is 3. The Hall–Kier alpha value is -2.83. The first-order valence-corrected chi connectivity index (χ1v) is 11.0. The van der Waals surface area contributed by atoms with Gasteiger partial charge in [-0.1, -0.05) is 48.2 Å². The Morgan fingerprint density at radius 3 is 2.59 bits per heavy atom. The van der Waals surface area contributed by atoms with Crippen LogP contribution in [0.5, 0.6) is 5.75 Å². The van der Waals surface area contributed by atoms with Crippen molar-refractivity contribution in [3.8, 4) is 5.75 Å². The number of rotatable bonds is 5. The lowest BCUT2D eigenvalue weighted by atomic mass is 10.1. The van der Waals surface area contributed by atoms with Crippen LogP contribution in [0.4, 0.5) is 4.79 Å². The predicted octanol–water partition coefficient (Wildman–Crippen LogP) is 5.53. The van der Waals surface area contributed by atoms with Crippen molar-refractivity contribution in [2.24, 2.45) is 0 Å². The van der Waals surface area contributed by atoms with Crippen LogP contribution in [0.3, 0.4) is 0 Å². The minimum Gasteiger partial charge on any atom is -0.489 e. The summed E-state index contributed by atoms with van der Waals surface area (Å²) in [4.78, 5) is 24.2. The van der Waals surface area contributed by atoms with E-state index >= 15 is 0 Å². The Morgan fingerprint density at radius 1 is 0.897 bits per heavy atom. The molecule has 1 saturated heterocycles. The molecule has 1 fully saturated rings. The van der Waals surface area contributed by atoms with E-state index in [9.17, 15) is 9.59 Å². The zero-order valence-electron chi connectivity index (χ0n) is 15.4. The average Bonchev–Trinajstić information content (AvgIpc) is 3.27. The summed E-state index contributed by atoms with van der Waals surface area (Å²) in [6.45, 7) is 0.508. The molecule has 1 aliphatic heterocycles. The van der Waals surface area contributed by atoms with E-state index in [2.05, 4.69) is 41.7 Å². The number of thioether (sulfide) groups is 1. The molecule has 1 unspecified atom stereocenters. The number of nitrogens with one attached hydrogen (secondary N) is 1. The highest BCUT2D eigenvalue weighted by molar-refractivity contribution is 8.15. The van der Waals surface area contributed by atoms with Gasteiger partial charge in [0.05, 0.1) is 5.25 Å². The molecule has 2 amide bonds. The average molecular weight is 420 g/mol. The van der Waals surface area contributed by atoms with E-state index in [-0.39, 0.29) is 16.4 Å². The van der Waals surface area contributed by atoms with E-state index < -0.39 is 0 Å². The maximum atomic E-state index is 11.8. The van der Waals surface area contributed by atoms with Crippen LogP contribution in [0.25, 0.3) is 20.9 Å². The summed E-state index contributed by atoms with van der Waals surface area (Å²) < 4.78 is 7.16. The van der Waals surface area contributed by atoms with Crippen LogP contribution in [0.1, 0.15) is 10.4 Å². The van der Waals surface area contributed by atoms with Gasteiger partial charge in [-0.2, -0.15) is 0 Å². The number of carbonyl (C=O) groups is 2. The zero-order valence-corrected chi connectivity index (χ0v) is 17.0. The van der Waals surface area contributed by atoms with Crippen molar-refractivity contribution in [1.82, 2.24) is 5.32 Å². The number of carbonyl (C=O) groups excluding carboxylic acids is 2. The maximum absolute atomic E-state index is 11.8. The minimum atomic E-state index is -0.334. The monoisotopic (exact) mass is 419 g/mol. The lowest BCUT2D eigenvalue weighted by Gasteiger charge is -2.07. The summed E-state index contributed by atoms with van der Waals surface area (Å²) in [5.74, 6) is 0.620. The van der Waals surface area contributed by atoms with E-state index in [0.29, 0.717) is 13.0 Å². The quantitative estimate of drug-likeness (QED) is 0.462. The molecule has 1 atom stereocenters. The van der Waals surface area contributed by atoms with Crippen LogP contribution >= 0.6 is 23.1 Å². The molecule has 1 aliphatic rings. The highest BCUT2D eigenvalue weighted by Gasteiger charge is 2.31. The molecule has 0 aliphatic carbocycles.